The van der Waals surface area contributed by atoms with Gasteiger partial charge in [-0.3, -0.25) is 5.16 Å². The highest BCUT2D eigenvalue weighted by molar-refractivity contribution is 6.39. The number of hydrogen-bond acceptors (Lipinski definition) is 4. The first-order valence-electron chi connectivity index (χ1n) is 1.66. The standard InChI is InChI=1S/C2H6N4O2/c3-1(5-7)2(4)6-8/h7-8H,(H2,3,5)(H2,4,6)/p-1. The van der Waals surface area contributed by atoms with Crippen LogP contribution in [0.25, 0.3) is 0 Å². The molecule has 0 fully saturated rings. The molecule has 0 heterocycles. The Kier molecular flexibility index (Phi) is 2.18. The van der Waals surface area contributed by atoms with E-state index in [1.807, 2.05) is 0 Å². The van der Waals surface area contributed by atoms with Crippen LogP contribution in [0.2, 0.25) is 0 Å². The molecule has 6 nitrogen and oxygen atoms in total. The van der Waals surface area contributed by atoms with Crippen molar-refractivity contribution in [2.24, 2.45) is 21.8 Å². The number of nitrogens with zero attached hydrogens (tertiary/aromatic N) is 2. The maximum absolute atomic E-state index is 9.42. The molecular weight excluding hydrogens is 112 g/mol. The summed E-state index contributed by atoms with van der Waals surface area (Å²) in [6, 6.07) is 0. The van der Waals surface area contributed by atoms with Gasteiger partial charge in [0.1, 0.15) is 0 Å². The highest BCUT2D eigenvalue weighted by Crippen LogP contribution is 1.66. The molecule has 5 N–H and O–H groups in total. The molecule has 0 bridgehead atoms. The van der Waals surface area contributed by atoms with Gasteiger partial charge < -0.3 is 21.9 Å². The molecule has 0 radical (unpaired) electrons. The maximum Gasteiger partial charge on any atom is 0.204 e. The molecule has 0 saturated carbocycles. The van der Waals surface area contributed by atoms with Crippen LogP contribution >= 0.6 is 0 Å². The van der Waals surface area contributed by atoms with Gasteiger partial charge in [0, 0.05) is 0 Å². The van der Waals surface area contributed by atoms with E-state index in [1.54, 1.807) is 0 Å². The Hall–Kier alpha value is -1.46. The van der Waals surface area contributed by atoms with Crippen LogP contribution in [0.3, 0.4) is 0 Å². The van der Waals surface area contributed by atoms with Crippen molar-refractivity contribution in [3.8, 4) is 0 Å². The molecule has 0 saturated heterocycles. The first-order valence-corrected chi connectivity index (χ1v) is 1.66. The predicted molar refractivity (Wildman–Crippen MR) is 28.4 cm³/mol. The van der Waals surface area contributed by atoms with Gasteiger partial charge in [0.05, 0.1) is 0 Å². The molecule has 46 valence electrons. The van der Waals surface area contributed by atoms with Gasteiger partial charge in [-0.15, -0.1) is 0 Å². The molecule has 0 aromatic heterocycles. The van der Waals surface area contributed by atoms with E-state index in [0.717, 1.165) is 0 Å². The Labute approximate surface area is 45.1 Å². The van der Waals surface area contributed by atoms with E-state index < -0.39 is 11.7 Å². The van der Waals surface area contributed by atoms with Crippen LogP contribution in [0.15, 0.2) is 10.3 Å². The van der Waals surface area contributed by atoms with E-state index in [9.17, 15) is 5.21 Å². The molecule has 0 spiro atoms. The summed E-state index contributed by atoms with van der Waals surface area (Å²) in [5.74, 6) is -0.993. The zero-order valence-corrected chi connectivity index (χ0v) is 3.90. The van der Waals surface area contributed by atoms with Crippen LogP contribution in [-0.4, -0.2) is 16.9 Å². The van der Waals surface area contributed by atoms with Crippen molar-refractivity contribution in [2.75, 3.05) is 0 Å². The second-order valence-corrected chi connectivity index (χ2v) is 0.962. The number of hydrogen-bond donors (Lipinski definition) is 3. The van der Waals surface area contributed by atoms with Gasteiger partial charge >= 0.3 is 0 Å². The van der Waals surface area contributed by atoms with Crippen LogP contribution in [0.1, 0.15) is 0 Å². The molecule has 0 unspecified atom stereocenters. The minimum Gasteiger partial charge on any atom is -0.790 e. The molecule has 0 aromatic rings. The molecule has 8 heavy (non-hydrogen) atoms. The number of oxime groups is 1. The lowest BCUT2D eigenvalue weighted by molar-refractivity contribution is 0.319. The van der Waals surface area contributed by atoms with Gasteiger partial charge in [-0.05, 0) is 0 Å². The van der Waals surface area contributed by atoms with Crippen LogP contribution in [0.5, 0.6) is 0 Å². The topological polar surface area (TPSA) is 120 Å². The normalized spacial score (nSPS) is 14.0. The largest absolute Gasteiger partial charge is 0.790 e. The summed E-state index contributed by atoms with van der Waals surface area (Å²) in [7, 11) is 0. The van der Waals surface area contributed by atoms with Crippen LogP contribution < -0.4 is 11.5 Å². The Balaban J connectivity index is 4.04. The lowest BCUT2D eigenvalue weighted by atomic mass is 10.6. The fraction of sp³-hybridized carbons (Fsp3) is 0. The summed E-state index contributed by atoms with van der Waals surface area (Å²) in [5.41, 5.74) is 9.52. The van der Waals surface area contributed by atoms with Crippen molar-refractivity contribution >= 4 is 11.7 Å². The van der Waals surface area contributed by atoms with Gasteiger partial charge in [-0.25, -0.2) is 0 Å². The van der Waals surface area contributed by atoms with Crippen molar-refractivity contribution in [1.82, 2.24) is 0 Å². The molecule has 0 atom stereocenters. The minimum atomic E-state index is -0.521. The van der Waals surface area contributed by atoms with Gasteiger partial charge in [0.2, 0.25) is 5.84 Å². The summed E-state index contributed by atoms with van der Waals surface area (Å²) in [6.07, 6.45) is 0. The third kappa shape index (κ3) is 1.33. The first-order chi connectivity index (χ1) is 3.72. The van der Waals surface area contributed by atoms with Crippen molar-refractivity contribution in [3.63, 3.8) is 0 Å². The molecule has 0 amide bonds. The zero-order chi connectivity index (χ0) is 6.57. The van der Waals surface area contributed by atoms with E-state index in [0.29, 0.717) is 0 Å². The first kappa shape index (κ1) is 6.54. The second kappa shape index (κ2) is 2.67. The molecular formula is C2H5N4O2-. The number of amidine groups is 2. The van der Waals surface area contributed by atoms with E-state index in [4.69, 9.17) is 16.7 Å². The van der Waals surface area contributed by atoms with E-state index in [-0.39, 0.29) is 0 Å². The van der Waals surface area contributed by atoms with Gasteiger partial charge in [0.25, 0.3) is 0 Å². The quantitative estimate of drug-likeness (QED) is 0.156. The SMILES string of the molecule is NC(=N[O-])C(N)=NO. The Morgan fingerprint density at radius 1 is 1.38 bits per heavy atom. The van der Waals surface area contributed by atoms with Gasteiger partial charge in [-0.2, -0.15) is 0 Å². The van der Waals surface area contributed by atoms with Gasteiger partial charge in [0.15, 0.2) is 5.84 Å². The fourth-order valence-corrected chi connectivity index (χ4v) is 0.0980. The predicted octanol–water partition coefficient (Wildman–Crippen LogP) is -1.41. The van der Waals surface area contributed by atoms with Crippen LogP contribution in [0.4, 0.5) is 0 Å². The smallest absolute Gasteiger partial charge is 0.204 e. The number of nitrogens with two attached hydrogens (primary N) is 2. The molecule has 0 aliphatic rings. The highest BCUT2D eigenvalue weighted by Gasteiger charge is 1.92. The molecule has 0 aliphatic heterocycles. The summed E-state index contributed by atoms with van der Waals surface area (Å²) in [5, 5.41) is 21.8. The van der Waals surface area contributed by atoms with Gasteiger partial charge in [-0.1, -0.05) is 5.16 Å². The highest BCUT2D eigenvalue weighted by atomic mass is 16.4. The summed E-state index contributed by atoms with van der Waals surface area (Å²) in [6.45, 7) is 0. The van der Waals surface area contributed by atoms with Crippen LogP contribution in [-0.2, 0) is 0 Å². The molecule has 0 rings (SSSR count). The Morgan fingerprint density at radius 2 is 1.88 bits per heavy atom. The van der Waals surface area contributed by atoms with Crippen molar-refractivity contribution in [1.29, 1.82) is 0 Å². The van der Waals surface area contributed by atoms with E-state index in [1.165, 1.54) is 0 Å². The van der Waals surface area contributed by atoms with E-state index >= 15 is 0 Å². The van der Waals surface area contributed by atoms with Crippen LogP contribution in [0, 0.1) is 5.21 Å². The average molecular weight is 117 g/mol. The third-order valence-corrected chi connectivity index (χ3v) is 0.469. The monoisotopic (exact) mass is 117 g/mol. The summed E-state index contributed by atoms with van der Waals surface area (Å²) < 4.78 is 0. The molecule has 6 heteroatoms. The van der Waals surface area contributed by atoms with Crippen molar-refractivity contribution < 1.29 is 5.21 Å². The third-order valence-electron chi connectivity index (χ3n) is 0.469. The van der Waals surface area contributed by atoms with E-state index in [2.05, 4.69) is 10.3 Å². The van der Waals surface area contributed by atoms with Crippen molar-refractivity contribution in [2.45, 2.75) is 0 Å². The summed E-state index contributed by atoms with van der Waals surface area (Å²) in [4.78, 5) is 0. The lowest BCUT2D eigenvalue weighted by Gasteiger charge is -1.96. The lowest BCUT2D eigenvalue weighted by Crippen LogP contribution is -2.30. The number of rotatable bonds is 0. The zero-order valence-electron chi connectivity index (χ0n) is 3.90. The molecule has 0 aromatic carbocycles. The minimum absolute atomic E-state index is 0.472. The fourth-order valence-electron chi connectivity index (χ4n) is 0.0980. The second-order valence-electron chi connectivity index (χ2n) is 0.962. The van der Waals surface area contributed by atoms with Crippen molar-refractivity contribution in [3.05, 3.63) is 5.21 Å². The Bertz CT molecular complexity index is 112. The molecule has 0 aliphatic carbocycles. The maximum atomic E-state index is 9.42. The Morgan fingerprint density at radius 3 is 2.00 bits per heavy atom. The summed E-state index contributed by atoms with van der Waals surface area (Å²) >= 11 is 0. The average Bonchev–Trinajstić information content (AvgIpc) is 1.84.